The minimum Gasteiger partial charge on any atom is -0.366 e. The van der Waals surface area contributed by atoms with Crippen LogP contribution in [0, 0.1) is 5.82 Å². The Labute approximate surface area is 139 Å². The molecule has 1 heterocycles. The van der Waals surface area contributed by atoms with Gasteiger partial charge >= 0.3 is 0 Å². The maximum Gasteiger partial charge on any atom is 0.248 e. The van der Waals surface area contributed by atoms with Crippen LogP contribution in [0.4, 0.5) is 4.39 Å². The number of aromatic nitrogens is 1. The van der Waals surface area contributed by atoms with Crippen LogP contribution < -0.4 is 11.1 Å². The van der Waals surface area contributed by atoms with Gasteiger partial charge in [-0.05, 0) is 54.4 Å². The van der Waals surface area contributed by atoms with Crippen LogP contribution in [0.5, 0.6) is 0 Å². The highest BCUT2D eigenvalue weighted by Crippen LogP contribution is 2.18. The Hall–Kier alpha value is -2.79. The molecule has 5 heteroatoms. The Morgan fingerprint density at radius 2 is 2.04 bits per heavy atom. The monoisotopic (exact) mass is 323 g/mol. The van der Waals surface area contributed by atoms with Crippen LogP contribution >= 0.6 is 0 Å². The fourth-order valence-electron chi connectivity index (χ4n) is 2.70. The normalized spacial score (nSPS) is 10.9. The van der Waals surface area contributed by atoms with Crippen LogP contribution in [0.1, 0.15) is 21.5 Å². The highest BCUT2D eigenvalue weighted by atomic mass is 19.1. The zero-order valence-electron chi connectivity index (χ0n) is 13.1. The molecular weight excluding hydrogens is 305 g/mol. The van der Waals surface area contributed by atoms with Crippen molar-refractivity contribution in [3.8, 4) is 0 Å². The highest BCUT2D eigenvalue weighted by Gasteiger charge is 2.05. The van der Waals surface area contributed by atoms with Gasteiger partial charge in [-0.3, -0.25) is 9.78 Å². The molecule has 0 saturated carbocycles. The van der Waals surface area contributed by atoms with Crippen LogP contribution in [0.25, 0.3) is 10.9 Å². The molecule has 0 unspecified atom stereocenters. The van der Waals surface area contributed by atoms with Gasteiger partial charge in [0.25, 0.3) is 0 Å². The van der Waals surface area contributed by atoms with Gasteiger partial charge in [-0.2, -0.15) is 0 Å². The largest absolute Gasteiger partial charge is 0.366 e. The number of hydrogen-bond donors (Lipinski definition) is 2. The number of benzene rings is 2. The molecule has 3 rings (SSSR count). The molecule has 0 saturated heterocycles. The summed E-state index contributed by atoms with van der Waals surface area (Å²) in [5.74, 6) is -0.691. The number of nitrogens with one attached hydrogen (secondary N) is 1. The van der Waals surface area contributed by atoms with Gasteiger partial charge in [0, 0.05) is 23.7 Å². The number of nitrogens with two attached hydrogens (primary N) is 1. The van der Waals surface area contributed by atoms with Crippen molar-refractivity contribution >= 4 is 16.8 Å². The number of halogens is 1. The maximum absolute atomic E-state index is 13.7. The summed E-state index contributed by atoms with van der Waals surface area (Å²) in [6.45, 7) is 1.23. The van der Waals surface area contributed by atoms with E-state index in [-0.39, 0.29) is 5.82 Å². The van der Waals surface area contributed by atoms with E-state index in [0.29, 0.717) is 18.7 Å². The molecule has 0 fully saturated rings. The van der Waals surface area contributed by atoms with Crippen molar-refractivity contribution in [2.75, 3.05) is 6.54 Å². The minimum atomic E-state index is -0.429. The highest BCUT2D eigenvalue weighted by molar-refractivity contribution is 5.92. The summed E-state index contributed by atoms with van der Waals surface area (Å²) in [6.07, 6.45) is 2.46. The Morgan fingerprint density at radius 3 is 2.88 bits per heavy atom. The number of rotatable bonds is 6. The average molecular weight is 323 g/mol. The fourth-order valence-corrected chi connectivity index (χ4v) is 2.70. The third-order valence-electron chi connectivity index (χ3n) is 3.87. The number of carbonyl (C=O) groups is 1. The molecule has 0 bridgehead atoms. The molecule has 1 amide bonds. The van der Waals surface area contributed by atoms with Crippen LogP contribution in [-0.4, -0.2) is 17.4 Å². The molecule has 0 aliphatic heterocycles. The zero-order valence-corrected chi connectivity index (χ0v) is 13.1. The third kappa shape index (κ3) is 3.75. The van der Waals surface area contributed by atoms with Crippen molar-refractivity contribution in [2.45, 2.75) is 13.0 Å². The smallest absolute Gasteiger partial charge is 0.248 e. The molecule has 3 N–H and O–H groups in total. The van der Waals surface area contributed by atoms with Crippen LogP contribution in [0.2, 0.25) is 0 Å². The Morgan fingerprint density at radius 1 is 1.17 bits per heavy atom. The van der Waals surface area contributed by atoms with Gasteiger partial charge in [0.1, 0.15) is 5.82 Å². The van der Waals surface area contributed by atoms with E-state index in [1.54, 1.807) is 24.4 Å². The summed E-state index contributed by atoms with van der Waals surface area (Å²) in [5, 5.41) is 4.09. The lowest BCUT2D eigenvalue weighted by Gasteiger charge is -2.09. The second kappa shape index (κ2) is 7.19. The summed E-state index contributed by atoms with van der Waals surface area (Å²) >= 11 is 0. The summed E-state index contributed by atoms with van der Waals surface area (Å²) in [6, 6.07) is 13.9. The van der Waals surface area contributed by atoms with Gasteiger partial charge < -0.3 is 11.1 Å². The SMILES string of the molecule is NC(=O)c1cccc(CCNCc2cc(F)cc3cccnc23)c1. The standard InChI is InChI=1S/C19H18FN3O/c20-17-10-14-5-2-7-23-18(14)16(11-17)12-22-8-6-13-3-1-4-15(9-13)19(21)24/h1-5,7,9-11,22H,6,8,12H2,(H2,21,24). The predicted molar refractivity (Wildman–Crippen MR) is 92.1 cm³/mol. The number of amides is 1. The Kier molecular flexibility index (Phi) is 4.82. The van der Waals surface area contributed by atoms with Gasteiger partial charge in [-0.25, -0.2) is 4.39 Å². The minimum absolute atomic E-state index is 0.263. The van der Waals surface area contributed by atoms with Gasteiger partial charge in [-0.15, -0.1) is 0 Å². The second-order valence-electron chi connectivity index (χ2n) is 5.63. The molecular formula is C19H18FN3O. The van der Waals surface area contributed by atoms with Crippen molar-refractivity contribution < 1.29 is 9.18 Å². The molecule has 24 heavy (non-hydrogen) atoms. The number of nitrogens with zero attached hydrogens (tertiary/aromatic N) is 1. The first kappa shape index (κ1) is 16.1. The topological polar surface area (TPSA) is 68.0 Å². The van der Waals surface area contributed by atoms with E-state index in [0.717, 1.165) is 28.5 Å². The first-order valence-corrected chi connectivity index (χ1v) is 7.76. The number of primary amides is 1. The Bertz CT molecular complexity index is 879. The van der Waals surface area contributed by atoms with Gasteiger partial charge in [0.05, 0.1) is 5.52 Å². The molecule has 3 aromatic rings. The van der Waals surface area contributed by atoms with Crippen LogP contribution in [0.3, 0.4) is 0 Å². The van der Waals surface area contributed by atoms with Crippen molar-refractivity contribution in [3.63, 3.8) is 0 Å². The first-order chi connectivity index (χ1) is 11.6. The molecule has 0 aliphatic carbocycles. The molecule has 0 atom stereocenters. The van der Waals surface area contributed by atoms with Crippen molar-refractivity contribution in [1.29, 1.82) is 0 Å². The maximum atomic E-state index is 13.7. The number of hydrogen-bond acceptors (Lipinski definition) is 3. The first-order valence-electron chi connectivity index (χ1n) is 7.76. The summed E-state index contributed by atoms with van der Waals surface area (Å²) in [5.41, 5.74) is 8.46. The van der Waals surface area contributed by atoms with Crippen molar-refractivity contribution in [1.82, 2.24) is 10.3 Å². The van der Waals surface area contributed by atoms with Gasteiger partial charge in [-0.1, -0.05) is 18.2 Å². The van der Waals surface area contributed by atoms with E-state index < -0.39 is 5.91 Å². The van der Waals surface area contributed by atoms with E-state index in [9.17, 15) is 9.18 Å². The van der Waals surface area contributed by atoms with E-state index in [2.05, 4.69) is 10.3 Å². The van der Waals surface area contributed by atoms with E-state index in [1.165, 1.54) is 12.1 Å². The molecule has 1 aromatic heterocycles. The van der Waals surface area contributed by atoms with E-state index in [4.69, 9.17) is 5.73 Å². The zero-order chi connectivity index (χ0) is 16.9. The average Bonchev–Trinajstić information content (AvgIpc) is 2.58. The third-order valence-corrected chi connectivity index (χ3v) is 3.87. The number of carbonyl (C=O) groups excluding carboxylic acids is 1. The number of pyridine rings is 1. The molecule has 0 spiro atoms. The summed E-state index contributed by atoms with van der Waals surface area (Å²) in [4.78, 5) is 15.5. The van der Waals surface area contributed by atoms with Crippen LogP contribution in [-0.2, 0) is 13.0 Å². The lowest BCUT2D eigenvalue weighted by Crippen LogP contribution is -2.17. The predicted octanol–water partition coefficient (Wildman–Crippen LogP) is 2.81. The summed E-state index contributed by atoms with van der Waals surface area (Å²) < 4.78 is 13.7. The summed E-state index contributed by atoms with van der Waals surface area (Å²) in [7, 11) is 0. The molecule has 2 aromatic carbocycles. The van der Waals surface area contributed by atoms with Gasteiger partial charge in [0.2, 0.25) is 5.91 Å². The quantitative estimate of drug-likeness (QED) is 0.686. The Balaban J connectivity index is 1.63. The van der Waals surface area contributed by atoms with E-state index in [1.807, 2.05) is 18.2 Å². The molecule has 122 valence electrons. The van der Waals surface area contributed by atoms with Crippen molar-refractivity contribution in [2.24, 2.45) is 5.73 Å². The fraction of sp³-hybridized carbons (Fsp3) is 0.158. The second-order valence-corrected chi connectivity index (χ2v) is 5.63. The van der Waals surface area contributed by atoms with Crippen LogP contribution in [0.15, 0.2) is 54.7 Å². The molecule has 0 aliphatic rings. The number of fused-ring (bicyclic) bond motifs is 1. The van der Waals surface area contributed by atoms with E-state index >= 15 is 0 Å². The molecule has 4 nitrogen and oxygen atoms in total. The molecule has 0 radical (unpaired) electrons. The van der Waals surface area contributed by atoms with Crippen molar-refractivity contribution in [3.05, 3.63) is 77.2 Å². The van der Waals surface area contributed by atoms with Gasteiger partial charge in [0.15, 0.2) is 0 Å². The lowest BCUT2D eigenvalue weighted by atomic mass is 10.1. The lowest BCUT2D eigenvalue weighted by molar-refractivity contribution is 0.1000.